The third-order valence-electron chi connectivity index (χ3n) is 2.98. The Balaban J connectivity index is 1.79. The molecule has 2 nitrogen and oxygen atoms in total. The average molecular weight is 337 g/mol. The Morgan fingerprint density at radius 2 is 1.95 bits per heavy atom. The summed E-state index contributed by atoms with van der Waals surface area (Å²) in [6.45, 7) is 1.68. The van der Waals surface area contributed by atoms with Gasteiger partial charge in [0.05, 0.1) is 5.56 Å². The monoisotopic (exact) mass is 336 g/mol. The van der Waals surface area contributed by atoms with Gasteiger partial charge in [0.2, 0.25) is 0 Å². The fraction of sp³-hybridized carbons (Fsp3) is 0.538. The van der Waals surface area contributed by atoms with Gasteiger partial charge < -0.3 is 10.6 Å². The molecule has 0 aliphatic heterocycles. The van der Waals surface area contributed by atoms with E-state index in [-0.39, 0.29) is 0 Å². The molecule has 1 aromatic carbocycles. The molecule has 0 saturated heterocycles. The Bertz CT molecular complexity index is 430. The molecule has 1 aromatic rings. The first-order valence-electron chi connectivity index (χ1n) is 6.31. The summed E-state index contributed by atoms with van der Waals surface area (Å²) in [5, 5.41) is 6.52. The van der Waals surface area contributed by atoms with Crippen LogP contribution in [-0.2, 0) is 6.18 Å². The van der Waals surface area contributed by atoms with E-state index in [1.54, 1.807) is 0 Å². The van der Waals surface area contributed by atoms with Gasteiger partial charge in [0.25, 0.3) is 0 Å². The number of halogens is 4. The summed E-state index contributed by atoms with van der Waals surface area (Å²) in [6.07, 6.45) is -0.824. The fourth-order valence-corrected chi connectivity index (χ4v) is 2.26. The van der Waals surface area contributed by atoms with Gasteiger partial charge in [0.1, 0.15) is 0 Å². The first-order chi connectivity index (χ1) is 8.97. The lowest BCUT2D eigenvalue weighted by molar-refractivity contribution is -0.137. The number of hydrogen-bond acceptors (Lipinski definition) is 2. The zero-order valence-electron chi connectivity index (χ0n) is 10.4. The van der Waals surface area contributed by atoms with Gasteiger partial charge in [0.15, 0.2) is 0 Å². The van der Waals surface area contributed by atoms with Crippen LogP contribution in [0.5, 0.6) is 0 Å². The first kappa shape index (κ1) is 14.7. The molecule has 1 aliphatic carbocycles. The third kappa shape index (κ3) is 4.69. The largest absolute Gasteiger partial charge is 0.416 e. The molecule has 2 N–H and O–H groups in total. The molecule has 106 valence electrons. The minimum absolute atomic E-state index is 0.442. The molecule has 0 aromatic heterocycles. The highest BCUT2D eigenvalue weighted by Gasteiger charge is 2.30. The van der Waals surface area contributed by atoms with Crippen molar-refractivity contribution in [2.24, 2.45) is 0 Å². The van der Waals surface area contributed by atoms with Gasteiger partial charge in [-0.1, -0.05) is 0 Å². The number of benzene rings is 1. The van der Waals surface area contributed by atoms with Crippen LogP contribution in [-0.4, -0.2) is 19.1 Å². The van der Waals surface area contributed by atoms with Crippen LogP contribution in [0, 0.1) is 0 Å². The Morgan fingerprint density at radius 1 is 1.21 bits per heavy atom. The number of anilines is 1. The second kappa shape index (κ2) is 6.13. The molecule has 1 saturated carbocycles. The Hall–Kier alpha value is -0.750. The zero-order chi connectivity index (χ0) is 13.9. The van der Waals surface area contributed by atoms with Crippen molar-refractivity contribution in [3.63, 3.8) is 0 Å². The Kier molecular flexibility index (Phi) is 4.73. The van der Waals surface area contributed by atoms with Crippen LogP contribution >= 0.6 is 15.9 Å². The molecule has 1 aliphatic rings. The molecule has 0 heterocycles. The molecular weight excluding hydrogens is 321 g/mol. The fourth-order valence-electron chi connectivity index (χ4n) is 1.74. The van der Waals surface area contributed by atoms with E-state index in [4.69, 9.17) is 0 Å². The second-order valence-corrected chi connectivity index (χ2v) is 5.56. The lowest BCUT2D eigenvalue weighted by atomic mass is 10.2. The van der Waals surface area contributed by atoms with Crippen molar-refractivity contribution in [2.45, 2.75) is 31.5 Å². The first-order valence-corrected chi connectivity index (χ1v) is 7.10. The molecular formula is C13H16BrF3N2. The van der Waals surface area contributed by atoms with Crippen molar-refractivity contribution in [1.82, 2.24) is 5.32 Å². The highest BCUT2D eigenvalue weighted by Crippen LogP contribution is 2.33. The molecule has 0 atom stereocenters. The minimum Gasteiger partial charge on any atom is -0.384 e. The van der Waals surface area contributed by atoms with Crippen LogP contribution in [0.25, 0.3) is 0 Å². The van der Waals surface area contributed by atoms with Crippen LogP contribution in [0.2, 0.25) is 0 Å². The van der Waals surface area contributed by atoms with Gasteiger partial charge in [-0.05, 0) is 59.9 Å². The van der Waals surface area contributed by atoms with E-state index in [1.807, 2.05) is 0 Å². The average Bonchev–Trinajstić information content (AvgIpc) is 3.13. The predicted molar refractivity (Wildman–Crippen MR) is 73.3 cm³/mol. The molecule has 2 rings (SSSR count). The van der Waals surface area contributed by atoms with Gasteiger partial charge in [-0.2, -0.15) is 13.2 Å². The molecule has 0 bridgehead atoms. The second-order valence-electron chi connectivity index (χ2n) is 4.70. The van der Waals surface area contributed by atoms with E-state index in [1.165, 1.54) is 18.9 Å². The van der Waals surface area contributed by atoms with Crippen LogP contribution in [0.4, 0.5) is 18.9 Å². The van der Waals surface area contributed by atoms with E-state index < -0.39 is 11.7 Å². The Morgan fingerprint density at radius 3 is 2.53 bits per heavy atom. The lowest BCUT2D eigenvalue weighted by Crippen LogP contribution is -2.20. The summed E-state index contributed by atoms with van der Waals surface area (Å²) in [7, 11) is 0. The quantitative estimate of drug-likeness (QED) is 0.766. The van der Waals surface area contributed by atoms with E-state index in [0.717, 1.165) is 31.6 Å². The predicted octanol–water partition coefficient (Wildman–Crippen LogP) is 4.02. The number of rotatable bonds is 6. The van der Waals surface area contributed by atoms with Gasteiger partial charge in [-0.15, -0.1) is 0 Å². The van der Waals surface area contributed by atoms with Crippen molar-refractivity contribution in [1.29, 1.82) is 0 Å². The van der Waals surface area contributed by atoms with E-state index in [0.29, 0.717) is 16.2 Å². The maximum absolute atomic E-state index is 12.5. The van der Waals surface area contributed by atoms with Gasteiger partial charge in [-0.25, -0.2) is 0 Å². The normalized spacial score (nSPS) is 15.6. The highest BCUT2D eigenvalue weighted by atomic mass is 79.9. The van der Waals surface area contributed by atoms with Crippen LogP contribution in [0.1, 0.15) is 24.8 Å². The molecule has 0 spiro atoms. The lowest BCUT2D eigenvalue weighted by Gasteiger charge is -2.12. The SMILES string of the molecule is FC(F)(F)c1ccc(NCCCNC2CC2)c(Br)c1. The summed E-state index contributed by atoms with van der Waals surface area (Å²) in [5.74, 6) is 0. The molecule has 0 amide bonds. The molecule has 0 unspecified atom stereocenters. The van der Waals surface area contributed by atoms with Crippen LogP contribution in [0.15, 0.2) is 22.7 Å². The van der Waals surface area contributed by atoms with Crippen molar-refractivity contribution in [3.8, 4) is 0 Å². The summed E-state index contributed by atoms with van der Waals surface area (Å²) < 4.78 is 37.9. The zero-order valence-corrected chi connectivity index (χ0v) is 11.9. The maximum atomic E-state index is 12.5. The van der Waals surface area contributed by atoms with Crippen molar-refractivity contribution in [3.05, 3.63) is 28.2 Å². The molecule has 19 heavy (non-hydrogen) atoms. The number of alkyl halides is 3. The minimum atomic E-state index is -4.30. The van der Waals surface area contributed by atoms with Crippen molar-refractivity contribution >= 4 is 21.6 Å². The Labute approximate surface area is 118 Å². The molecule has 1 fully saturated rings. The molecule has 0 radical (unpaired) electrons. The van der Waals surface area contributed by atoms with Gasteiger partial charge in [-0.3, -0.25) is 0 Å². The standard InChI is InChI=1S/C13H16BrF3N2/c14-11-8-9(13(15,16)17)2-5-12(11)19-7-1-6-18-10-3-4-10/h2,5,8,10,18-19H,1,3-4,6-7H2. The number of nitrogens with one attached hydrogen (secondary N) is 2. The summed E-state index contributed by atoms with van der Waals surface area (Å²) >= 11 is 3.16. The van der Waals surface area contributed by atoms with E-state index in [2.05, 4.69) is 26.6 Å². The number of hydrogen-bond donors (Lipinski definition) is 2. The summed E-state index contributed by atoms with van der Waals surface area (Å²) in [5.41, 5.74) is 0.0553. The highest BCUT2D eigenvalue weighted by molar-refractivity contribution is 9.10. The smallest absolute Gasteiger partial charge is 0.384 e. The summed E-state index contributed by atoms with van der Waals surface area (Å²) in [4.78, 5) is 0. The van der Waals surface area contributed by atoms with Crippen molar-refractivity contribution < 1.29 is 13.2 Å². The van der Waals surface area contributed by atoms with Crippen molar-refractivity contribution in [2.75, 3.05) is 18.4 Å². The maximum Gasteiger partial charge on any atom is 0.416 e. The van der Waals surface area contributed by atoms with Gasteiger partial charge >= 0.3 is 6.18 Å². The van der Waals surface area contributed by atoms with Gasteiger partial charge in [0, 0.05) is 22.7 Å². The van der Waals surface area contributed by atoms with E-state index in [9.17, 15) is 13.2 Å². The summed E-state index contributed by atoms with van der Waals surface area (Å²) in [6, 6.07) is 4.35. The topological polar surface area (TPSA) is 24.1 Å². The molecule has 6 heteroatoms. The van der Waals surface area contributed by atoms with Crippen LogP contribution in [0.3, 0.4) is 0 Å². The third-order valence-corrected chi connectivity index (χ3v) is 3.63. The van der Waals surface area contributed by atoms with E-state index >= 15 is 0 Å². The van der Waals surface area contributed by atoms with Crippen LogP contribution < -0.4 is 10.6 Å².